The van der Waals surface area contributed by atoms with Gasteiger partial charge in [0.1, 0.15) is 0 Å². The molecule has 1 aromatic carbocycles. The molecule has 2 aliphatic heterocycles. The molecule has 146 valence electrons. The van der Waals surface area contributed by atoms with Crippen molar-refractivity contribution in [1.82, 2.24) is 10.6 Å². The minimum atomic E-state index is -0.462. The Morgan fingerprint density at radius 2 is 1.00 bits per heavy atom. The van der Waals surface area contributed by atoms with Gasteiger partial charge in [0.15, 0.2) is 0 Å². The van der Waals surface area contributed by atoms with E-state index in [1.807, 2.05) is 0 Å². The number of nitrogens with zero attached hydrogens (tertiary/aromatic N) is 2. The Hall–Kier alpha value is -2.58. The molecule has 1 aromatic rings. The molecule has 4 fully saturated rings. The summed E-state index contributed by atoms with van der Waals surface area (Å²) < 4.78 is 0. The molecule has 28 heavy (non-hydrogen) atoms. The Morgan fingerprint density at radius 1 is 0.643 bits per heavy atom. The quantitative estimate of drug-likeness (QED) is 0.694. The van der Waals surface area contributed by atoms with Gasteiger partial charge in [-0.25, -0.2) is 9.80 Å². The van der Waals surface area contributed by atoms with Gasteiger partial charge < -0.3 is 10.6 Å². The van der Waals surface area contributed by atoms with E-state index in [0.717, 1.165) is 25.7 Å². The lowest BCUT2D eigenvalue weighted by molar-refractivity contribution is -0.123. The Labute approximate surface area is 162 Å². The Kier molecular flexibility index (Phi) is 4.06. The third kappa shape index (κ3) is 3.12. The van der Waals surface area contributed by atoms with Crippen molar-refractivity contribution in [2.24, 2.45) is 0 Å². The first kappa shape index (κ1) is 17.5. The van der Waals surface area contributed by atoms with Gasteiger partial charge in [-0.15, -0.1) is 0 Å². The summed E-state index contributed by atoms with van der Waals surface area (Å²) in [5.41, 5.74) is 0.927. The largest absolute Gasteiger partial charge is 0.303 e. The average molecular weight is 382 g/mol. The molecule has 0 unspecified atom stereocenters. The van der Waals surface area contributed by atoms with Crippen LogP contribution < -0.4 is 20.4 Å². The maximum Gasteiger partial charge on any atom is 0.251 e. The number of carbonyl (C=O) groups excluding carboxylic acids is 4. The monoisotopic (exact) mass is 382 g/mol. The molecule has 2 heterocycles. The van der Waals surface area contributed by atoms with E-state index in [4.69, 9.17) is 0 Å². The molecule has 8 nitrogen and oxygen atoms in total. The smallest absolute Gasteiger partial charge is 0.251 e. The Balaban J connectivity index is 1.31. The molecule has 0 spiro atoms. The van der Waals surface area contributed by atoms with Crippen LogP contribution in [0.1, 0.15) is 38.5 Å². The highest BCUT2D eigenvalue weighted by atomic mass is 16.2. The number of amides is 4. The zero-order valence-corrected chi connectivity index (χ0v) is 15.4. The summed E-state index contributed by atoms with van der Waals surface area (Å²) in [5.74, 6) is -0.964. The number of nitrogens with one attached hydrogen (secondary N) is 2. The molecule has 4 amide bonds. The standard InChI is InChI=1S/C20H22N4O4/c25-17-9-15(21-11-1-2-11)19(27)23(17)13-5-7-14(8-6-13)24-18(26)10-16(20(24)28)22-12-3-4-12/h5-8,11-12,15-16,21-22H,1-4,9-10H2/t15-,16+. The van der Waals surface area contributed by atoms with Crippen LogP contribution in [0.4, 0.5) is 11.4 Å². The molecule has 0 radical (unpaired) electrons. The summed E-state index contributed by atoms with van der Waals surface area (Å²) in [6.07, 6.45) is 4.49. The third-order valence-electron chi connectivity index (χ3n) is 5.69. The molecule has 0 aromatic heterocycles. The fraction of sp³-hybridized carbons (Fsp3) is 0.500. The fourth-order valence-electron chi connectivity index (χ4n) is 3.89. The molecule has 8 heteroatoms. The lowest BCUT2D eigenvalue weighted by Crippen LogP contribution is -2.40. The maximum absolute atomic E-state index is 12.6. The van der Waals surface area contributed by atoms with Crippen LogP contribution in [0.15, 0.2) is 24.3 Å². The van der Waals surface area contributed by atoms with Gasteiger partial charge in [0.25, 0.3) is 11.8 Å². The number of anilines is 2. The van der Waals surface area contributed by atoms with Crippen molar-refractivity contribution >= 4 is 35.0 Å². The van der Waals surface area contributed by atoms with Gasteiger partial charge in [-0.1, -0.05) is 0 Å². The summed E-state index contributed by atoms with van der Waals surface area (Å²) in [6.45, 7) is 0. The molecule has 2 aliphatic carbocycles. The highest BCUT2D eigenvalue weighted by Crippen LogP contribution is 2.30. The van der Waals surface area contributed by atoms with Crippen LogP contribution in [0.2, 0.25) is 0 Å². The second-order valence-corrected chi connectivity index (χ2v) is 8.05. The number of hydrogen-bond acceptors (Lipinski definition) is 6. The molecule has 5 rings (SSSR count). The van der Waals surface area contributed by atoms with Crippen LogP contribution in [0, 0.1) is 0 Å². The third-order valence-corrected chi connectivity index (χ3v) is 5.69. The van der Waals surface area contributed by atoms with E-state index in [-0.39, 0.29) is 36.5 Å². The normalized spacial score (nSPS) is 28.0. The second kappa shape index (κ2) is 6.49. The van der Waals surface area contributed by atoms with Crippen LogP contribution in [0.3, 0.4) is 0 Å². The molecule has 2 saturated heterocycles. The van der Waals surface area contributed by atoms with Gasteiger partial charge in [-0.3, -0.25) is 19.2 Å². The van der Waals surface area contributed by atoms with Crippen LogP contribution in [0.25, 0.3) is 0 Å². The van der Waals surface area contributed by atoms with E-state index in [2.05, 4.69) is 10.6 Å². The highest BCUT2D eigenvalue weighted by molar-refractivity contribution is 6.24. The number of benzene rings is 1. The molecule has 2 N–H and O–H groups in total. The van der Waals surface area contributed by atoms with Crippen molar-refractivity contribution in [3.63, 3.8) is 0 Å². The molecular formula is C20H22N4O4. The van der Waals surface area contributed by atoms with E-state index in [1.54, 1.807) is 24.3 Å². The molecular weight excluding hydrogens is 360 g/mol. The number of rotatable bonds is 6. The van der Waals surface area contributed by atoms with E-state index in [9.17, 15) is 19.2 Å². The molecule has 2 atom stereocenters. The second-order valence-electron chi connectivity index (χ2n) is 8.05. The number of imide groups is 2. The fourth-order valence-corrected chi connectivity index (χ4v) is 3.89. The molecule has 4 aliphatic rings. The van der Waals surface area contributed by atoms with Gasteiger partial charge in [-0.2, -0.15) is 0 Å². The molecule has 2 saturated carbocycles. The first-order valence-electron chi connectivity index (χ1n) is 9.87. The Morgan fingerprint density at radius 3 is 1.32 bits per heavy atom. The first-order chi connectivity index (χ1) is 13.5. The minimum absolute atomic E-state index is 0.161. The van der Waals surface area contributed by atoms with Gasteiger partial charge in [0, 0.05) is 12.1 Å². The van der Waals surface area contributed by atoms with Crippen molar-refractivity contribution in [3.05, 3.63) is 24.3 Å². The van der Waals surface area contributed by atoms with E-state index in [1.165, 1.54) is 9.80 Å². The summed E-state index contributed by atoms with van der Waals surface area (Å²) >= 11 is 0. The van der Waals surface area contributed by atoms with Gasteiger partial charge in [-0.05, 0) is 49.9 Å². The van der Waals surface area contributed by atoms with Crippen LogP contribution in [-0.2, 0) is 19.2 Å². The topological polar surface area (TPSA) is 98.8 Å². The maximum atomic E-state index is 12.6. The lowest BCUT2D eigenvalue weighted by Gasteiger charge is -2.19. The zero-order chi connectivity index (χ0) is 19.4. The van der Waals surface area contributed by atoms with Crippen molar-refractivity contribution in [2.75, 3.05) is 9.80 Å². The summed E-state index contributed by atoms with van der Waals surface area (Å²) in [4.78, 5) is 52.2. The highest BCUT2D eigenvalue weighted by Gasteiger charge is 2.43. The van der Waals surface area contributed by atoms with Crippen molar-refractivity contribution in [3.8, 4) is 0 Å². The van der Waals surface area contributed by atoms with E-state index in [0.29, 0.717) is 23.5 Å². The van der Waals surface area contributed by atoms with Gasteiger partial charge in [0.2, 0.25) is 11.8 Å². The summed E-state index contributed by atoms with van der Waals surface area (Å²) in [7, 11) is 0. The van der Waals surface area contributed by atoms with Crippen LogP contribution in [-0.4, -0.2) is 47.8 Å². The molecule has 0 bridgehead atoms. The van der Waals surface area contributed by atoms with Crippen molar-refractivity contribution in [1.29, 1.82) is 0 Å². The van der Waals surface area contributed by atoms with Crippen molar-refractivity contribution in [2.45, 2.75) is 62.7 Å². The Bertz CT molecular complexity index is 788. The average Bonchev–Trinajstić information content (AvgIpc) is 3.57. The lowest BCUT2D eigenvalue weighted by atomic mass is 10.2. The van der Waals surface area contributed by atoms with Crippen molar-refractivity contribution < 1.29 is 19.2 Å². The predicted octanol–water partition coefficient (Wildman–Crippen LogP) is 0.454. The van der Waals surface area contributed by atoms with Gasteiger partial charge in [0.05, 0.1) is 36.3 Å². The predicted molar refractivity (Wildman–Crippen MR) is 101 cm³/mol. The minimum Gasteiger partial charge on any atom is -0.303 e. The van der Waals surface area contributed by atoms with E-state index >= 15 is 0 Å². The SMILES string of the molecule is O=C1C[C@H](NC2CC2)C(=O)N1c1ccc(N2C(=O)C[C@@H](NC3CC3)C2=O)cc1. The first-order valence-corrected chi connectivity index (χ1v) is 9.87. The van der Waals surface area contributed by atoms with E-state index < -0.39 is 12.1 Å². The van der Waals surface area contributed by atoms with Gasteiger partial charge >= 0.3 is 0 Å². The summed E-state index contributed by atoms with van der Waals surface area (Å²) in [5, 5.41) is 6.42. The number of hydrogen-bond donors (Lipinski definition) is 2. The zero-order valence-electron chi connectivity index (χ0n) is 15.4. The number of carbonyl (C=O) groups is 4. The summed E-state index contributed by atoms with van der Waals surface area (Å²) in [6, 6.07) is 6.23. The van der Waals surface area contributed by atoms with Crippen LogP contribution in [0.5, 0.6) is 0 Å². The van der Waals surface area contributed by atoms with Crippen LogP contribution >= 0.6 is 0 Å².